The van der Waals surface area contributed by atoms with Gasteiger partial charge in [0.2, 0.25) is 0 Å². The predicted octanol–water partition coefficient (Wildman–Crippen LogP) is 4.82. The number of aryl methyl sites for hydroxylation is 1. The molecule has 0 radical (unpaired) electrons. The molecule has 22 heavy (non-hydrogen) atoms. The van der Waals surface area contributed by atoms with Gasteiger partial charge < -0.3 is 9.47 Å². The maximum atomic E-state index is 6.23. The van der Waals surface area contributed by atoms with Gasteiger partial charge in [-0.25, -0.2) is 0 Å². The van der Waals surface area contributed by atoms with Crippen LogP contribution in [0, 0.1) is 6.92 Å². The molecule has 1 heterocycles. The van der Waals surface area contributed by atoms with Crippen molar-refractivity contribution in [1.29, 1.82) is 0 Å². The SMILES string of the molecule is Cc1ccc(C2CCC[C@@H](COCc3ccccc3)O2)cc1. The van der Waals surface area contributed by atoms with E-state index in [2.05, 4.69) is 43.3 Å². The number of hydrogen-bond acceptors (Lipinski definition) is 2. The summed E-state index contributed by atoms with van der Waals surface area (Å²) in [5.74, 6) is 0. The first-order valence-electron chi connectivity index (χ1n) is 8.15. The molecular weight excluding hydrogens is 272 g/mol. The van der Waals surface area contributed by atoms with E-state index in [9.17, 15) is 0 Å². The van der Waals surface area contributed by atoms with E-state index in [4.69, 9.17) is 9.47 Å². The van der Waals surface area contributed by atoms with Crippen molar-refractivity contribution in [3.05, 3.63) is 71.3 Å². The molecule has 116 valence electrons. The second-order valence-electron chi connectivity index (χ2n) is 6.09. The molecule has 0 bridgehead atoms. The average Bonchev–Trinajstić information content (AvgIpc) is 2.57. The van der Waals surface area contributed by atoms with Crippen LogP contribution < -0.4 is 0 Å². The minimum atomic E-state index is 0.212. The predicted molar refractivity (Wildman–Crippen MR) is 88.7 cm³/mol. The number of hydrogen-bond donors (Lipinski definition) is 0. The summed E-state index contributed by atoms with van der Waals surface area (Å²) in [4.78, 5) is 0. The maximum absolute atomic E-state index is 6.23. The van der Waals surface area contributed by atoms with Crippen LogP contribution >= 0.6 is 0 Å². The molecule has 2 aromatic rings. The van der Waals surface area contributed by atoms with Gasteiger partial charge in [-0.15, -0.1) is 0 Å². The largest absolute Gasteiger partial charge is 0.374 e. The molecule has 2 atom stereocenters. The Labute approximate surface area is 133 Å². The lowest BCUT2D eigenvalue weighted by atomic mass is 9.98. The normalized spacial score (nSPS) is 21.7. The second-order valence-corrected chi connectivity index (χ2v) is 6.09. The molecule has 1 unspecified atom stereocenters. The lowest BCUT2D eigenvalue weighted by molar-refractivity contribution is -0.0905. The van der Waals surface area contributed by atoms with Crippen molar-refractivity contribution in [2.45, 2.75) is 45.0 Å². The van der Waals surface area contributed by atoms with Gasteiger partial charge in [0.25, 0.3) is 0 Å². The molecule has 1 fully saturated rings. The van der Waals surface area contributed by atoms with E-state index in [0.29, 0.717) is 13.2 Å². The highest BCUT2D eigenvalue weighted by atomic mass is 16.5. The lowest BCUT2D eigenvalue weighted by Crippen LogP contribution is -2.26. The summed E-state index contributed by atoms with van der Waals surface area (Å²) < 4.78 is 12.1. The summed E-state index contributed by atoms with van der Waals surface area (Å²) >= 11 is 0. The van der Waals surface area contributed by atoms with E-state index in [-0.39, 0.29) is 12.2 Å². The molecule has 3 rings (SSSR count). The van der Waals surface area contributed by atoms with E-state index in [0.717, 1.165) is 12.8 Å². The van der Waals surface area contributed by atoms with Crippen LogP contribution in [0.3, 0.4) is 0 Å². The van der Waals surface area contributed by atoms with Gasteiger partial charge >= 0.3 is 0 Å². The van der Waals surface area contributed by atoms with Gasteiger partial charge in [0.1, 0.15) is 0 Å². The highest BCUT2D eigenvalue weighted by Gasteiger charge is 2.23. The Balaban J connectivity index is 1.49. The van der Waals surface area contributed by atoms with Crippen LogP contribution in [0.2, 0.25) is 0 Å². The fraction of sp³-hybridized carbons (Fsp3) is 0.400. The smallest absolute Gasteiger partial charge is 0.0829 e. The summed E-state index contributed by atoms with van der Waals surface area (Å²) in [5, 5.41) is 0. The molecule has 1 aliphatic heterocycles. The number of ether oxygens (including phenoxy) is 2. The van der Waals surface area contributed by atoms with Crippen LogP contribution in [0.5, 0.6) is 0 Å². The van der Waals surface area contributed by atoms with Gasteiger partial charge in [-0.05, 0) is 37.3 Å². The van der Waals surface area contributed by atoms with Crippen molar-refractivity contribution in [1.82, 2.24) is 0 Å². The summed E-state index contributed by atoms with van der Waals surface area (Å²) in [6.45, 7) is 3.46. The van der Waals surface area contributed by atoms with E-state index in [1.165, 1.54) is 23.1 Å². The minimum absolute atomic E-state index is 0.212. The zero-order chi connectivity index (χ0) is 15.2. The van der Waals surface area contributed by atoms with Crippen LogP contribution in [0.4, 0.5) is 0 Å². The molecule has 0 spiro atoms. The third-order valence-electron chi connectivity index (χ3n) is 4.21. The molecule has 2 aromatic carbocycles. The summed E-state index contributed by atoms with van der Waals surface area (Å²) in [6.07, 6.45) is 3.84. The van der Waals surface area contributed by atoms with E-state index >= 15 is 0 Å². The fourth-order valence-electron chi connectivity index (χ4n) is 2.93. The van der Waals surface area contributed by atoms with Gasteiger partial charge in [0.05, 0.1) is 25.4 Å². The van der Waals surface area contributed by atoms with E-state index < -0.39 is 0 Å². The second kappa shape index (κ2) is 7.57. The molecule has 1 saturated heterocycles. The molecule has 0 aromatic heterocycles. The third-order valence-corrected chi connectivity index (χ3v) is 4.21. The first-order chi connectivity index (χ1) is 10.8. The topological polar surface area (TPSA) is 18.5 Å². The summed E-state index contributed by atoms with van der Waals surface area (Å²) in [6, 6.07) is 19.0. The van der Waals surface area contributed by atoms with Crippen molar-refractivity contribution >= 4 is 0 Å². The van der Waals surface area contributed by atoms with Gasteiger partial charge in [0.15, 0.2) is 0 Å². The van der Waals surface area contributed by atoms with Gasteiger partial charge in [0, 0.05) is 0 Å². The Kier molecular flexibility index (Phi) is 5.25. The molecule has 0 saturated carbocycles. The minimum Gasteiger partial charge on any atom is -0.374 e. The molecule has 0 N–H and O–H groups in total. The Morgan fingerprint density at radius 1 is 1.00 bits per heavy atom. The highest BCUT2D eigenvalue weighted by molar-refractivity contribution is 5.23. The Bertz CT molecular complexity index is 562. The van der Waals surface area contributed by atoms with Crippen LogP contribution in [0.15, 0.2) is 54.6 Å². The molecule has 2 nitrogen and oxygen atoms in total. The van der Waals surface area contributed by atoms with Crippen molar-refractivity contribution in [3.63, 3.8) is 0 Å². The number of rotatable bonds is 5. The maximum Gasteiger partial charge on any atom is 0.0829 e. The van der Waals surface area contributed by atoms with Gasteiger partial charge in [-0.1, -0.05) is 60.2 Å². The Morgan fingerprint density at radius 2 is 1.77 bits per heavy atom. The fourth-order valence-corrected chi connectivity index (χ4v) is 2.93. The summed E-state index contributed by atoms with van der Waals surface area (Å²) in [5.41, 5.74) is 3.80. The Morgan fingerprint density at radius 3 is 2.55 bits per heavy atom. The average molecular weight is 296 g/mol. The van der Waals surface area contributed by atoms with E-state index in [1.807, 2.05) is 18.2 Å². The van der Waals surface area contributed by atoms with Crippen molar-refractivity contribution in [3.8, 4) is 0 Å². The van der Waals surface area contributed by atoms with Gasteiger partial charge in [-0.2, -0.15) is 0 Å². The monoisotopic (exact) mass is 296 g/mol. The van der Waals surface area contributed by atoms with Gasteiger partial charge in [-0.3, -0.25) is 0 Å². The first-order valence-corrected chi connectivity index (χ1v) is 8.15. The van der Waals surface area contributed by atoms with Crippen LogP contribution in [0.1, 0.15) is 42.1 Å². The molecular formula is C20H24O2. The Hall–Kier alpha value is -1.64. The zero-order valence-corrected chi connectivity index (χ0v) is 13.2. The standard InChI is InChI=1S/C20H24O2/c1-16-10-12-18(13-11-16)20-9-5-8-19(22-20)15-21-14-17-6-3-2-4-7-17/h2-4,6-7,10-13,19-20H,5,8-9,14-15H2,1H3/t19-,20?/m0/s1. The van der Waals surface area contributed by atoms with Crippen molar-refractivity contribution in [2.24, 2.45) is 0 Å². The molecule has 2 heteroatoms. The zero-order valence-electron chi connectivity index (χ0n) is 13.2. The van der Waals surface area contributed by atoms with Crippen LogP contribution in [-0.4, -0.2) is 12.7 Å². The van der Waals surface area contributed by atoms with E-state index in [1.54, 1.807) is 0 Å². The van der Waals surface area contributed by atoms with Crippen LogP contribution in [0.25, 0.3) is 0 Å². The lowest BCUT2D eigenvalue weighted by Gasteiger charge is -2.30. The molecule has 0 aliphatic carbocycles. The van der Waals surface area contributed by atoms with Crippen molar-refractivity contribution in [2.75, 3.05) is 6.61 Å². The molecule has 1 aliphatic rings. The number of benzene rings is 2. The third kappa shape index (κ3) is 4.19. The van der Waals surface area contributed by atoms with Crippen LogP contribution in [-0.2, 0) is 16.1 Å². The quantitative estimate of drug-likeness (QED) is 0.787. The summed E-state index contributed by atoms with van der Waals surface area (Å²) in [7, 11) is 0. The first kappa shape index (κ1) is 15.3. The van der Waals surface area contributed by atoms with Crippen molar-refractivity contribution < 1.29 is 9.47 Å². The molecule has 0 amide bonds. The highest BCUT2D eigenvalue weighted by Crippen LogP contribution is 2.31.